The SMILES string of the molecule is C=C1CC[C@@H]2[C@](C)(CCC[C@]2(C)C(=O)O)[C@H]1CC[C@H](C)CC(=O)O. The normalized spacial score (nSPS) is 37.5. The molecule has 0 bridgehead atoms. The standard InChI is InChI=1S/C20H32O4/c1-13(12-17(21)22)6-8-15-14(2)7-9-16-19(15,3)10-5-11-20(16,4)18(23)24/h13,15-16H,2,5-12H2,1,3-4H3,(H,21,22)(H,23,24)/t13-,15-,16+,19+,20-/m0/s1. The molecule has 4 nitrogen and oxygen atoms in total. The van der Waals surface area contributed by atoms with Gasteiger partial charge >= 0.3 is 11.9 Å². The molecule has 0 heterocycles. The number of carbonyl (C=O) groups is 2. The smallest absolute Gasteiger partial charge is 0.309 e. The lowest BCUT2D eigenvalue weighted by atomic mass is 9.46. The largest absolute Gasteiger partial charge is 0.481 e. The third-order valence-electron chi connectivity index (χ3n) is 6.98. The predicted molar refractivity (Wildman–Crippen MR) is 93.7 cm³/mol. The minimum atomic E-state index is -0.745. The van der Waals surface area contributed by atoms with Crippen molar-refractivity contribution in [1.29, 1.82) is 0 Å². The molecule has 0 spiro atoms. The highest BCUT2D eigenvalue weighted by molar-refractivity contribution is 5.75. The first-order valence-electron chi connectivity index (χ1n) is 9.24. The van der Waals surface area contributed by atoms with Crippen LogP contribution in [-0.2, 0) is 9.59 Å². The lowest BCUT2D eigenvalue weighted by Gasteiger charge is -2.57. The summed E-state index contributed by atoms with van der Waals surface area (Å²) in [6.07, 6.45) is 6.57. The first-order valence-corrected chi connectivity index (χ1v) is 9.24. The molecule has 2 N–H and O–H groups in total. The highest BCUT2D eigenvalue weighted by atomic mass is 16.4. The van der Waals surface area contributed by atoms with Crippen LogP contribution in [0.4, 0.5) is 0 Å². The summed E-state index contributed by atoms with van der Waals surface area (Å²) in [5.74, 6) is -0.768. The van der Waals surface area contributed by atoms with Crippen LogP contribution in [0.3, 0.4) is 0 Å². The first-order chi connectivity index (χ1) is 11.1. The Balaban J connectivity index is 2.19. The molecule has 2 fully saturated rings. The van der Waals surface area contributed by atoms with Gasteiger partial charge in [0.25, 0.3) is 0 Å². The van der Waals surface area contributed by atoms with Crippen molar-refractivity contribution in [1.82, 2.24) is 0 Å². The molecule has 0 saturated heterocycles. The second-order valence-electron chi connectivity index (χ2n) is 8.66. The molecule has 0 aromatic rings. The van der Waals surface area contributed by atoms with Gasteiger partial charge in [-0.25, -0.2) is 0 Å². The Kier molecular flexibility index (Phi) is 5.46. The molecule has 4 heteroatoms. The summed E-state index contributed by atoms with van der Waals surface area (Å²) < 4.78 is 0. The van der Waals surface area contributed by atoms with Gasteiger partial charge in [-0.05, 0) is 68.6 Å². The lowest BCUT2D eigenvalue weighted by Crippen LogP contribution is -2.53. The Bertz CT molecular complexity index is 526. The zero-order chi connectivity index (χ0) is 18.1. The second kappa shape index (κ2) is 6.89. The highest BCUT2D eigenvalue weighted by Crippen LogP contribution is 2.62. The summed E-state index contributed by atoms with van der Waals surface area (Å²) in [5.41, 5.74) is 0.577. The summed E-state index contributed by atoms with van der Waals surface area (Å²) in [5, 5.41) is 18.8. The number of aliphatic carboxylic acids is 2. The maximum absolute atomic E-state index is 12.0. The number of fused-ring (bicyclic) bond motifs is 1. The van der Waals surface area contributed by atoms with E-state index in [-0.39, 0.29) is 23.7 Å². The molecule has 0 unspecified atom stereocenters. The van der Waals surface area contributed by atoms with E-state index in [2.05, 4.69) is 13.5 Å². The van der Waals surface area contributed by atoms with Gasteiger partial charge in [0.1, 0.15) is 0 Å². The Labute approximate surface area is 145 Å². The number of hydrogen-bond donors (Lipinski definition) is 2. The van der Waals surface area contributed by atoms with Gasteiger partial charge in [-0.3, -0.25) is 9.59 Å². The van der Waals surface area contributed by atoms with E-state index in [4.69, 9.17) is 5.11 Å². The summed E-state index contributed by atoms with van der Waals surface area (Å²) in [7, 11) is 0. The number of rotatable bonds is 6. The molecule has 0 radical (unpaired) electrons. The number of carboxylic acid groups (broad SMARTS) is 2. The zero-order valence-corrected chi connectivity index (χ0v) is 15.3. The fourth-order valence-corrected chi connectivity index (χ4v) is 5.59. The Morgan fingerprint density at radius 1 is 1.29 bits per heavy atom. The molecule has 0 aromatic carbocycles. The van der Waals surface area contributed by atoms with Crippen molar-refractivity contribution in [3.63, 3.8) is 0 Å². The predicted octanol–water partition coefficient (Wildman–Crippen LogP) is 4.74. The molecule has 2 rings (SSSR count). The van der Waals surface area contributed by atoms with Crippen LogP contribution in [0, 0.1) is 28.6 Å². The molecule has 0 aromatic heterocycles. The molecular weight excluding hydrogens is 304 g/mol. The number of hydrogen-bond acceptors (Lipinski definition) is 2. The van der Waals surface area contributed by atoms with Gasteiger partial charge in [-0.15, -0.1) is 0 Å². The summed E-state index contributed by atoms with van der Waals surface area (Å²) in [6.45, 7) is 10.5. The van der Waals surface area contributed by atoms with E-state index in [1.54, 1.807) is 0 Å². The molecule has 0 amide bonds. The summed E-state index contributed by atoms with van der Waals surface area (Å²) in [6, 6.07) is 0. The van der Waals surface area contributed by atoms with E-state index in [0.717, 1.165) is 44.9 Å². The zero-order valence-electron chi connectivity index (χ0n) is 15.3. The van der Waals surface area contributed by atoms with Crippen LogP contribution in [0.1, 0.15) is 72.1 Å². The number of carboxylic acids is 2. The minimum absolute atomic E-state index is 0.0241. The summed E-state index contributed by atoms with van der Waals surface area (Å²) >= 11 is 0. The van der Waals surface area contributed by atoms with Crippen molar-refractivity contribution < 1.29 is 19.8 Å². The van der Waals surface area contributed by atoms with E-state index < -0.39 is 17.4 Å². The Morgan fingerprint density at radius 2 is 1.96 bits per heavy atom. The fraction of sp³-hybridized carbons (Fsp3) is 0.800. The van der Waals surface area contributed by atoms with Gasteiger partial charge in [0, 0.05) is 6.42 Å². The molecule has 136 valence electrons. The van der Waals surface area contributed by atoms with Crippen molar-refractivity contribution in [3.05, 3.63) is 12.2 Å². The van der Waals surface area contributed by atoms with Crippen molar-refractivity contribution in [3.8, 4) is 0 Å². The van der Waals surface area contributed by atoms with Crippen molar-refractivity contribution in [2.24, 2.45) is 28.6 Å². The monoisotopic (exact) mass is 336 g/mol. The minimum Gasteiger partial charge on any atom is -0.481 e. The molecule has 2 saturated carbocycles. The first kappa shape index (κ1) is 19.0. The average molecular weight is 336 g/mol. The van der Waals surface area contributed by atoms with Gasteiger partial charge in [0.05, 0.1) is 5.41 Å². The topological polar surface area (TPSA) is 74.6 Å². The third kappa shape index (κ3) is 3.38. The van der Waals surface area contributed by atoms with Crippen LogP contribution in [0.2, 0.25) is 0 Å². The lowest BCUT2D eigenvalue weighted by molar-refractivity contribution is -0.164. The van der Waals surface area contributed by atoms with Gasteiger partial charge in [-0.1, -0.05) is 32.4 Å². The van der Waals surface area contributed by atoms with E-state index in [1.165, 1.54) is 5.57 Å². The van der Waals surface area contributed by atoms with Crippen LogP contribution in [0.15, 0.2) is 12.2 Å². The van der Waals surface area contributed by atoms with Crippen LogP contribution >= 0.6 is 0 Å². The van der Waals surface area contributed by atoms with Gasteiger partial charge in [0.15, 0.2) is 0 Å². The molecule has 2 aliphatic carbocycles. The molecule has 24 heavy (non-hydrogen) atoms. The Morgan fingerprint density at radius 3 is 2.54 bits per heavy atom. The maximum atomic E-state index is 12.0. The third-order valence-corrected chi connectivity index (χ3v) is 6.98. The van der Waals surface area contributed by atoms with E-state index in [0.29, 0.717) is 5.92 Å². The quantitative estimate of drug-likeness (QED) is 0.687. The van der Waals surface area contributed by atoms with Crippen LogP contribution in [-0.4, -0.2) is 22.2 Å². The van der Waals surface area contributed by atoms with Crippen LogP contribution < -0.4 is 0 Å². The fourth-order valence-electron chi connectivity index (χ4n) is 5.59. The van der Waals surface area contributed by atoms with E-state index in [1.807, 2.05) is 13.8 Å². The Hall–Kier alpha value is -1.32. The summed E-state index contributed by atoms with van der Waals surface area (Å²) in [4.78, 5) is 22.9. The van der Waals surface area contributed by atoms with Crippen molar-refractivity contribution in [2.75, 3.05) is 0 Å². The van der Waals surface area contributed by atoms with Gasteiger partial charge in [0.2, 0.25) is 0 Å². The van der Waals surface area contributed by atoms with E-state index >= 15 is 0 Å². The highest BCUT2D eigenvalue weighted by Gasteiger charge is 2.57. The second-order valence-corrected chi connectivity index (χ2v) is 8.66. The molecule has 0 aliphatic heterocycles. The average Bonchev–Trinajstić information content (AvgIpc) is 2.45. The number of allylic oxidation sites excluding steroid dienone is 1. The van der Waals surface area contributed by atoms with Gasteiger partial charge < -0.3 is 10.2 Å². The van der Waals surface area contributed by atoms with Crippen molar-refractivity contribution >= 4 is 11.9 Å². The molecular formula is C20H32O4. The van der Waals surface area contributed by atoms with Crippen LogP contribution in [0.25, 0.3) is 0 Å². The van der Waals surface area contributed by atoms with Crippen molar-refractivity contribution in [2.45, 2.75) is 72.1 Å². The van der Waals surface area contributed by atoms with Gasteiger partial charge in [-0.2, -0.15) is 0 Å². The maximum Gasteiger partial charge on any atom is 0.309 e. The van der Waals surface area contributed by atoms with E-state index in [9.17, 15) is 14.7 Å². The molecule has 5 atom stereocenters. The van der Waals surface area contributed by atoms with Crippen LogP contribution in [0.5, 0.6) is 0 Å². The molecule has 2 aliphatic rings.